The Kier molecular flexibility index (Phi) is 2.38. The molecule has 0 fully saturated rings. The van der Waals surface area contributed by atoms with Crippen LogP contribution in [0, 0.1) is 0 Å². The molecule has 0 aliphatic carbocycles. The van der Waals surface area contributed by atoms with Gasteiger partial charge >= 0.3 is 0 Å². The molecular weight excluding hydrogens is 252 g/mol. The average molecular weight is 267 g/mol. The van der Waals surface area contributed by atoms with Crippen molar-refractivity contribution in [1.29, 1.82) is 0 Å². The van der Waals surface area contributed by atoms with Gasteiger partial charge in [0.05, 0.1) is 11.7 Å². The number of rotatable bonds is 0. The number of aromatic nitrogens is 2. The molecule has 0 saturated carbocycles. The SMILES string of the molecule is Cn1c(C(C)(C)C)cc2c(Br)cncc21. The van der Waals surface area contributed by atoms with E-state index in [0.29, 0.717) is 0 Å². The van der Waals surface area contributed by atoms with Gasteiger partial charge in [-0.3, -0.25) is 4.98 Å². The predicted molar refractivity (Wildman–Crippen MR) is 67.1 cm³/mol. The van der Waals surface area contributed by atoms with Crippen molar-refractivity contribution < 1.29 is 0 Å². The van der Waals surface area contributed by atoms with Crippen molar-refractivity contribution in [2.45, 2.75) is 26.2 Å². The first kappa shape index (κ1) is 10.7. The van der Waals surface area contributed by atoms with Gasteiger partial charge in [-0.25, -0.2) is 0 Å². The Morgan fingerprint density at radius 2 is 1.93 bits per heavy atom. The van der Waals surface area contributed by atoms with Crippen LogP contribution in [0.2, 0.25) is 0 Å². The van der Waals surface area contributed by atoms with E-state index in [1.165, 1.54) is 16.6 Å². The van der Waals surface area contributed by atoms with Crippen LogP contribution < -0.4 is 0 Å². The van der Waals surface area contributed by atoms with Crippen LogP contribution in [0.3, 0.4) is 0 Å². The maximum atomic E-state index is 4.20. The van der Waals surface area contributed by atoms with E-state index in [4.69, 9.17) is 0 Å². The zero-order chi connectivity index (χ0) is 11.2. The number of halogens is 1. The fourth-order valence-electron chi connectivity index (χ4n) is 1.93. The van der Waals surface area contributed by atoms with Crippen LogP contribution in [-0.2, 0) is 12.5 Å². The number of fused-ring (bicyclic) bond motifs is 1. The lowest BCUT2D eigenvalue weighted by molar-refractivity contribution is 0.547. The van der Waals surface area contributed by atoms with Crippen LogP contribution in [0.1, 0.15) is 26.5 Å². The largest absolute Gasteiger partial charge is 0.346 e. The average Bonchev–Trinajstić information content (AvgIpc) is 2.45. The van der Waals surface area contributed by atoms with Gasteiger partial charge in [-0.05, 0) is 22.0 Å². The van der Waals surface area contributed by atoms with E-state index in [1.54, 1.807) is 0 Å². The summed E-state index contributed by atoms with van der Waals surface area (Å²) in [6.07, 6.45) is 3.75. The van der Waals surface area contributed by atoms with Crippen molar-refractivity contribution in [1.82, 2.24) is 9.55 Å². The molecule has 2 heterocycles. The molecule has 0 aliphatic heterocycles. The van der Waals surface area contributed by atoms with Gasteiger partial charge in [-0.15, -0.1) is 0 Å². The molecule has 15 heavy (non-hydrogen) atoms. The summed E-state index contributed by atoms with van der Waals surface area (Å²) in [6.45, 7) is 6.67. The third-order valence-corrected chi connectivity index (χ3v) is 3.32. The molecule has 0 spiro atoms. The lowest BCUT2D eigenvalue weighted by atomic mass is 9.92. The molecule has 0 aromatic carbocycles. The molecule has 0 bridgehead atoms. The third-order valence-electron chi connectivity index (χ3n) is 2.69. The minimum absolute atomic E-state index is 0.160. The molecule has 2 aromatic heterocycles. The number of hydrogen-bond donors (Lipinski definition) is 0. The number of aryl methyl sites for hydroxylation is 1. The highest BCUT2D eigenvalue weighted by Crippen LogP contribution is 2.31. The Labute approximate surface area is 98.4 Å². The zero-order valence-electron chi connectivity index (χ0n) is 9.50. The summed E-state index contributed by atoms with van der Waals surface area (Å²) in [5.74, 6) is 0. The summed E-state index contributed by atoms with van der Waals surface area (Å²) in [7, 11) is 2.09. The van der Waals surface area contributed by atoms with Gasteiger partial charge < -0.3 is 4.57 Å². The molecule has 2 rings (SSSR count). The highest BCUT2D eigenvalue weighted by molar-refractivity contribution is 9.10. The second-order valence-corrected chi connectivity index (χ2v) is 5.75. The van der Waals surface area contributed by atoms with Crippen molar-refractivity contribution in [3.63, 3.8) is 0 Å². The molecule has 0 aliphatic rings. The summed E-state index contributed by atoms with van der Waals surface area (Å²) in [5.41, 5.74) is 2.66. The van der Waals surface area contributed by atoms with Gasteiger partial charge in [0, 0.05) is 34.2 Å². The van der Waals surface area contributed by atoms with Gasteiger partial charge in [0.1, 0.15) is 0 Å². The monoisotopic (exact) mass is 266 g/mol. The van der Waals surface area contributed by atoms with Crippen molar-refractivity contribution in [2.24, 2.45) is 7.05 Å². The smallest absolute Gasteiger partial charge is 0.0677 e. The molecular formula is C12H15BrN2. The highest BCUT2D eigenvalue weighted by atomic mass is 79.9. The minimum Gasteiger partial charge on any atom is -0.346 e. The molecule has 0 atom stereocenters. The summed E-state index contributed by atoms with van der Waals surface area (Å²) >= 11 is 3.54. The van der Waals surface area contributed by atoms with E-state index in [2.05, 4.69) is 59.4 Å². The van der Waals surface area contributed by atoms with Gasteiger partial charge in [-0.2, -0.15) is 0 Å². The number of pyridine rings is 1. The quantitative estimate of drug-likeness (QED) is 0.712. The lowest BCUT2D eigenvalue weighted by Crippen LogP contribution is -2.15. The van der Waals surface area contributed by atoms with E-state index >= 15 is 0 Å². The second kappa shape index (κ2) is 3.34. The van der Waals surface area contributed by atoms with E-state index in [0.717, 1.165) is 4.47 Å². The molecule has 80 valence electrons. The molecule has 2 aromatic rings. The summed E-state index contributed by atoms with van der Waals surface area (Å²) in [4.78, 5) is 4.20. The number of hydrogen-bond acceptors (Lipinski definition) is 1. The first-order valence-electron chi connectivity index (χ1n) is 5.00. The Morgan fingerprint density at radius 3 is 2.47 bits per heavy atom. The lowest BCUT2D eigenvalue weighted by Gasteiger charge is -2.19. The van der Waals surface area contributed by atoms with Crippen LogP contribution in [0.25, 0.3) is 10.9 Å². The van der Waals surface area contributed by atoms with E-state index in [9.17, 15) is 0 Å². The van der Waals surface area contributed by atoms with Crippen LogP contribution in [0.4, 0.5) is 0 Å². The molecule has 0 radical (unpaired) electrons. The van der Waals surface area contributed by atoms with E-state index in [-0.39, 0.29) is 5.41 Å². The highest BCUT2D eigenvalue weighted by Gasteiger charge is 2.19. The minimum atomic E-state index is 0.160. The molecule has 3 heteroatoms. The topological polar surface area (TPSA) is 17.8 Å². The summed E-state index contributed by atoms with van der Waals surface area (Å²) < 4.78 is 3.28. The number of nitrogens with zero attached hydrogens (tertiary/aromatic N) is 2. The fraction of sp³-hybridized carbons (Fsp3) is 0.417. The second-order valence-electron chi connectivity index (χ2n) is 4.89. The molecule has 0 saturated heterocycles. The first-order chi connectivity index (χ1) is 6.91. The standard InChI is InChI=1S/C12H15BrN2/c1-12(2,3)11-5-8-9(13)6-14-7-10(8)15(11)4/h5-7H,1-4H3. The van der Waals surface area contributed by atoms with E-state index < -0.39 is 0 Å². The van der Waals surface area contributed by atoms with Crippen LogP contribution in [0.15, 0.2) is 22.9 Å². The normalized spacial score (nSPS) is 12.3. The van der Waals surface area contributed by atoms with Crippen molar-refractivity contribution in [3.8, 4) is 0 Å². The first-order valence-corrected chi connectivity index (χ1v) is 5.80. The van der Waals surface area contributed by atoms with E-state index in [1.807, 2.05) is 12.4 Å². The van der Waals surface area contributed by atoms with Gasteiger partial charge in [0.15, 0.2) is 0 Å². The van der Waals surface area contributed by atoms with Gasteiger partial charge in [-0.1, -0.05) is 20.8 Å². The van der Waals surface area contributed by atoms with Crippen molar-refractivity contribution in [3.05, 3.63) is 28.6 Å². The molecule has 0 amide bonds. The van der Waals surface area contributed by atoms with Crippen LogP contribution in [0.5, 0.6) is 0 Å². The van der Waals surface area contributed by atoms with Gasteiger partial charge in [0.25, 0.3) is 0 Å². The van der Waals surface area contributed by atoms with Crippen LogP contribution >= 0.6 is 15.9 Å². The van der Waals surface area contributed by atoms with Crippen molar-refractivity contribution >= 4 is 26.8 Å². The predicted octanol–water partition coefficient (Wildman–Crippen LogP) is 3.63. The zero-order valence-corrected chi connectivity index (χ0v) is 11.1. The molecule has 0 N–H and O–H groups in total. The van der Waals surface area contributed by atoms with Crippen LogP contribution in [-0.4, -0.2) is 9.55 Å². The van der Waals surface area contributed by atoms with Crippen molar-refractivity contribution in [2.75, 3.05) is 0 Å². The summed E-state index contributed by atoms with van der Waals surface area (Å²) in [6, 6.07) is 2.24. The Morgan fingerprint density at radius 1 is 1.27 bits per heavy atom. The summed E-state index contributed by atoms with van der Waals surface area (Å²) in [5, 5.41) is 1.23. The van der Waals surface area contributed by atoms with Gasteiger partial charge in [0.2, 0.25) is 0 Å². The third kappa shape index (κ3) is 1.69. The molecule has 0 unspecified atom stereocenters. The Bertz CT molecular complexity index is 506. The Balaban J connectivity index is 2.81. The Hall–Kier alpha value is -0.830. The maximum absolute atomic E-state index is 4.20. The maximum Gasteiger partial charge on any atom is 0.0677 e. The molecule has 2 nitrogen and oxygen atoms in total. The fourth-order valence-corrected chi connectivity index (χ4v) is 2.36.